The summed E-state index contributed by atoms with van der Waals surface area (Å²) in [5.74, 6) is 0. The predicted molar refractivity (Wildman–Crippen MR) is 69.2 cm³/mol. The number of hydrogen-bond donors (Lipinski definition) is 1. The molecule has 3 heterocycles. The molecule has 0 saturated carbocycles. The molecule has 0 bridgehead atoms. The van der Waals surface area contributed by atoms with Crippen molar-refractivity contribution in [1.29, 1.82) is 0 Å². The summed E-state index contributed by atoms with van der Waals surface area (Å²) in [5, 5.41) is 14.4. The van der Waals surface area contributed by atoms with Crippen LogP contribution in [0.25, 0.3) is 15.9 Å². The molecular weight excluding hydrogens is 234 g/mol. The maximum atomic E-state index is 8.99. The number of aromatic nitrogens is 2. The molecule has 86 valence electrons. The van der Waals surface area contributed by atoms with E-state index in [1.807, 2.05) is 36.8 Å². The minimum Gasteiger partial charge on any atom is -0.411 e. The number of nitrogens with zero attached hydrogens (tertiary/aromatic N) is 3. The van der Waals surface area contributed by atoms with Crippen molar-refractivity contribution < 1.29 is 5.21 Å². The van der Waals surface area contributed by atoms with E-state index in [2.05, 4.69) is 14.5 Å². The summed E-state index contributed by atoms with van der Waals surface area (Å²) >= 11 is 1.62. The van der Waals surface area contributed by atoms with Crippen molar-refractivity contribution in [3.05, 3.63) is 35.5 Å². The lowest BCUT2D eigenvalue weighted by Crippen LogP contribution is -1.98. The van der Waals surface area contributed by atoms with Gasteiger partial charge in [0.2, 0.25) is 0 Å². The zero-order valence-corrected chi connectivity index (χ0v) is 10.1. The van der Waals surface area contributed by atoms with Crippen molar-refractivity contribution in [3.63, 3.8) is 0 Å². The van der Waals surface area contributed by atoms with E-state index in [1.54, 1.807) is 11.3 Å². The van der Waals surface area contributed by atoms with Crippen LogP contribution in [0.15, 0.2) is 35.1 Å². The molecule has 0 amide bonds. The van der Waals surface area contributed by atoms with Crippen LogP contribution in [0.1, 0.15) is 18.9 Å². The number of oxime groups is 1. The summed E-state index contributed by atoms with van der Waals surface area (Å²) in [5.41, 5.74) is 3.69. The summed E-state index contributed by atoms with van der Waals surface area (Å²) in [6.45, 7) is 1.97. The van der Waals surface area contributed by atoms with Crippen LogP contribution in [0.2, 0.25) is 0 Å². The zero-order valence-electron chi connectivity index (χ0n) is 9.29. The summed E-state index contributed by atoms with van der Waals surface area (Å²) in [6, 6.07) is 4.01. The SMILES string of the molecule is CC/C(=N\O)c1ccn2c1cnc1sccc12. The second kappa shape index (κ2) is 3.85. The van der Waals surface area contributed by atoms with Crippen LogP contribution in [0, 0.1) is 0 Å². The maximum absolute atomic E-state index is 8.99. The average Bonchev–Trinajstić information content (AvgIpc) is 2.95. The van der Waals surface area contributed by atoms with Crippen LogP contribution in [-0.2, 0) is 0 Å². The number of thiophene rings is 1. The fourth-order valence-electron chi connectivity index (χ4n) is 2.04. The second-order valence-electron chi connectivity index (χ2n) is 3.75. The largest absolute Gasteiger partial charge is 0.411 e. The van der Waals surface area contributed by atoms with Crippen LogP contribution >= 0.6 is 11.3 Å². The van der Waals surface area contributed by atoms with Crippen molar-refractivity contribution in [2.45, 2.75) is 13.3 Å². The van der Waals surface area contributed by atoms with Crippen LogP contribution in [0.5, 0.6) is 0 Å². The minimum absolute atomic E-state index is 0.684. The van der Waals surface area contributed by atoms with Crippen LogP contribution in [0.4, 0.5) is 0 Å². The molecule has 0 saturated heterocycles. The van der Waals surface area contributed by atoms with Gasteiger partial charge in [0.1, 0.15) is 4.83 Å². The van der Waals surface area contributed by atoms with Gasteiger partial charge in [0.25, 0.3) is 0 Å². The highest BCUT2D eigenvalue weighted by molar-refractivity contribution is 7.16. The van der Waals surface area contributed by atoms with Crippen molar-refractivity contribution in [3.8, 4) is 0 Å². The summed E-state index contributed by atoms with van der Waals surface area (Å²) in [6.07, 6.45) is 4.51. The molecule has 0 fully saturated rings. The highest BCUT2D eigenvalue weighted by atomic mass is 32.1. The first-order chi connectivity index (χ1) is 8.35. The lowest BCUT2D eigenvalue weighted by Gasteiger charge is -2.01. The van der Waals surface area contributed by atoms with Gasteiger partial charge in [0.15, 0.2) is 0 Å². The van der Waals surface area contributed by atoms with Crippen molar-refractivity contribution >= 4 is 32.9 Å². The molecule has 0 aliphatic carbocycles. The fourth-order valence-corrected chi connectivity index (χ4v) is 2.77. The van der Waals surface area contributed by atoms with Gasteiger partial charge in [-0.25, -0.2) is 4.98 Å². The average molecular weight is 245 g/mol. The Morgan fingerprint density at radius 3 is 3.12 bits per heavy atom. The van der Waals surface area contributed by atoms with E-state index in [-0.39, 0.29) is 0 Å². The van der Waals surface area contributed by atoms with Gasteiger partial charge in [-0.15, -0.1) is 11.3 Å². The molecule has 5 heteroatoms. The monoisotopic (exact) mass is 245 g/mol. The van der Waals surface area contributed by atoms with Crippen LogP contribution in [-0.4, -0.2) is 20.3 Å². The molecule has 3 aromatic heterocycles. The molecule has 0 spiro atoms. The first-order valence-corrected chi connectivity index (χ1v) is 6.27. The summed E-state index contributed by atoms with van der Waals surface area (Å²) < 4.78 is 2.08. The number of rotatable bonds is 2. The Hall–Kier alpha value is -1.88. The van der Waals surface area contributed by atoms with Gasteiger partial charge in [0, 0.05) is 11.8 Å². The molecule has 3 rings (SSSR count). The molecule has 0 aromatic carbocycles. The molecule has 0 unspecified atom stereocenters. The van der Waals surface area contributed by atoms with Crippen molar-refractivity contribution in [2.24, 2.45) is 5.16 Å². The van der Waals surface area contributed by atoms with E-state index < -0.39 is 0 Å². The van der Waals surface area contributed by atoms with E-state index in [4.69, 9.17) is 5.21 Å². The predicted octanol–water partition coefficient (Wildman–Crippen LogP) is 3.14. The summed E-state index contributed by atoms with van der Waals surface area (Å²) in [7, 11) is 0. The van der Waals surface area contributed by atoms with Gasteiger partial charge in [-0.1, -0.05) is 12.1 Å². The Kier molecular flexibility index (Phi) is 2.33. The Labute approximate surface area is 102 Å². The Morgan fingerprint density at radius 2 is 2.35 bits per heavy atom. The first-order valence-electron chi connectivity index (χ1n) is 5.39. The van der Waals surface area contributed by atoms with Crippen molar-refractivity contribution in [2.75, 3.05) is 0 Å². The smallest absolute Gasteiger partial charge is 0.140 e. The fraction of sp³-hybridized carbons (Fsp3) is 0.167. The lowest BCUT2D eigenvalue weighted by atomic mass is 10.1. The quantitative estimate of drug-likeness (QED) is 0.428. The molecule has 0 atom stereocenters. The Morgan fingerprint density at radius 1 is 1.47 bits per heavy atom. The van der Waals surface area contributed by atoms with Gasteiger partial charge in [-0.05, 0) is 23.9 Å². The molecule has 3 aromatic rings. The summed E-state index contributed by atoms with van der Waals surface area (Å²) in [4.78, 5) is 5.43. The van der Waals surface area contributed by atoms with Gasteiger partial charge < -0.3 is 9.61 Å². The molecule has 4 nitrogen and oxygen atoms in total. The Bertz CT molecular complexity index is 711. The first kappa shape index (κ1) is 10.3. The van der Waals surface area contributed by atoms with Gasteiger partial charge in [0.05, 0.1) is 22.9 Å². The molecule has 0 aliphatic rings. The molecule has 1 N–H and O–H groups in total. The van der Waals surface area contributed by atoms with E-state index in [0.717, 1.165) is 21.4 Å². The number of fused-ring (bicyclic) bond motifs is 3. The topological polar surface area (TPSA) is 49.9 Å². The Balaban J connectivity index is 2.36. The van der Waals surface area contributed by atoms with Gasteiger partial charge >= 0.3 is 0 Å². The molecule has 17 heavy (non-hydrogen) atoms. The second-order valence-corrected chi connectivity index (χ2v) is 4.65. The highest BCUT2D eigenvalue weighted by Gasteiger charge is 2.11. The van der Waals surface area contributed by atoms with Crippen LogP contribution in [0.3, 0.4) is 0 Å². The highest BCUT2D eigenvalue weighted by Crippen LogP contribution is 2.23. The standard InChI is InChI=1S/C12H11N3OS/c1-2-9(14-16)8-3-5-15-10-4-6-17-12(10)13-7-11(8)15/h3-7,16H,2H2,1H3/b14-9+. The third-order valence-corrected chi connectivity index (χ3v) is 3.69. The minimum atomic E-state index is 0.684. The number of hydrogen-bond acceptors (Lipinski definition) is 4. The molecular formula is C12H11N3OS. The third kappa shape index (κ3) is 1.43. The maximum Gasteiger partial charge on any atom is 0.140 e. The van der Waals surface area contributed by atoms with Gasteiger partial charge in [-0.3, -0.25) is 0 Å². The van der Waals surface area contributed by atoms with E-state index >= 15 is 0 Å². The van der Waals surface area contributed by atoms with Crippen LogP contribution < -0.4 is 0 Å². The lowest BCUT2D eigenvalue weighted by molar-refractivity contribution is 0.318. The molecule has 0 radical (unpaired) electrons. The molecule has 0 aliphatic heterocycles. The van der Waals surface area contributed by atoms with Crippen molar-refractivity contribution in [1.82, 2.24) is 9.38 Å². The third-order valence-electron chi connectivity index (χ3n) is 2.88. The van der Waals surface area contributed by atoms with E-state index in [9.17, 15) is 0 Å². The van der Waals surface area contributed by atoms with Gasteiger partial charge in [-0.2, -0.15) is 0 Å². The normalized spacial score (nSPS) is 12.6. The zero-order chi connectivity index (χ0) is 11.8. The van der Waals surface area contributed by atoms with E-state index in [0.29, 0.717) is 12.1 Å². The van der Waals surface area contributed by atoms with E-state index in [1.165, 1.54) is 0 Å².